The Morgan fingerprint density at radius 3 is 2.86 bits per heavy atom. The summed E-state index contributed by atoms with van der Waals surface area (Å²) < 4.78 is 7.17. The van der Waals surface area contributed by atoms with Crippen molar-refractivity contribution in [3.8, 4) is 5.75 Å². The number of methoxy groups -OCH3 is 1. The minimum atomic E-state index is 0.484. The van der Waals surface area contributed by atoms with Crippen molar-refractivity contribution in [2.45, 2.75) is 19.8 Å². The molecule has 0 bridgehead atoms. The zero-order chi connectivity index (χ0) is 10.1. The molecule has 0 unspecified atom stereocenters. The van der Waals surface area contributed by atoms with Gasteiger partial charge in [0, 0.05) is 6.20 Å². The quantitative estimate of drug-likeness (QED) is 0.727. The molecule has 2 rings (SSSR count). The summed E-state index contributed by atoms with van der Waals surface area (Å²) >= 11 is 0. The third-order valence-electron chi connectivity index (χ3n) is 2.38. The van der Waals surface area contributed by atoms with E-state index in [4.69, 9.17) is 4.74 Å². The van der Waals surface area contributed by atoms with E-state index >= 15 is 0 Å². The Balaban J connectivity index is 2.67. The number of hydrogen-bond donors (Lipinski definition) is 0. The van der Waals surface area contributed by atoms with Crippen LogP contribution in [-0.2, 0) is 0 Å². The maximum absolute atomic E-state index is 5.32. The largest absolute Gasteiger partial charge is 0.494 e. The number of nitrogens with zero attached hydrogens (tertiary/aromatic N) is 2. The monoisotopic (exact) mass is 190 g/mol. The molecule has 0 aromatic carbocycles. The van der Waals surface area contributed by atoms with Gasteiger partial charge in [-0.3, -0.25) is 0 Å². The Kier molecular flexibility index (Phi) is 2.15. The van der Waals surface area contributed by atoms with Crippen LogP contribution >= 0.6 is 0 Å². The van der Waals surface area contributed by atoms with Crippen LogP contribution in [0.5, 0.6) is 5.75 Å². The molecule has 0 radical (unpaired) electrons. The van der Waals surface area contributed by atoms with Gasteiger partial charge in [0.2, 0.25) is 0 Å². The van der Waals surface area contributed by atoms with Crippen LogP contribution in [0.3, 0.4) is 0 Å². The molecule has 0 spiro atoms. The Bertz CT molecular complexity index is 445. The van der Waals surface area contributed by atoms with Crippen LogP contribution in [-0.4, -0.2) is 16.7 Å². The van der Waals surface area contributed by atoms with Crippen molar-refractivity contribution in [1.29, 1.82) is 0 Å². The zero-order valence-electron chi connectivity index (χ0n) is 8.69. The van der Waals surface area contributed by atoms with Gasteiger partial charge in [-0.15, -0.1) is 0 Å². The Morgan fingerprint density at radius 2 is 2.21 bits per heavy atom. The molecule has 0 N–H and O–H groups in total. The van der Waals surface area contributed by atoms with Gasteiger partial charge in [0.25, 0.3) is 0 Å². The predicted molar refractivity (Wildman–Crippen MR) is 55.8 cm³/mol. The fraction of sp³-hybridized carbons (Fsp3) is 0.364. The molecule has 3 heteroatoms. The van der Waals surface area contributed by atoms with E-state index in [1.165, 1.54) is 5.56 Å². The smallest absolute Gasteiger partial charge is 0.144 e. The molecule has 0 amide bonds. The summed E-state index contributed by atoms with van der Waals surface area (Å²) in [6.45, 7) is 4.31. The van der Waals surface area contributed by atoms with Crippen LogP contribution in [0.1, 0.15) is 25.3 Å². The lowest BCUT2D eigenvalue weighted by molar-refractivity contribution is 0.416. The summed E-state index contributed by atoms with van der Waals surface area (Å²) in [5, 5.41) is 4.21. The molecule has 14 heavy (non-hydrogen) atoms. The molecular weight excluding hydrogens is 176 g/mol. The van der Waals surface area contributed by atoms with Gasteiger partial charge in [-0.1, -0.05) is 13.8 Å². The van der Waals surface area contributed by atoms with Gasteiger partial charge >= 0.3 is 0 Å². The van der Waals surface area contributed by atoms with Gasteiger partial charge in [-0.05, 0) is 23.6 Å². The Labute approximate surface area is 83.3 Å². The van der Waals surface area contributed by atoms with E-state index in [2.05, 4.69) is 25.0 Å². The SMILES string of the molecule is COc1cc(C(C)C)cn2nccc12. The second kappa shape index (κ2) is 3.33. The number of rotatable bonds is 2. The van der Waals surface area contributed by atoms with Crippen molar-refractivity contribution < 1.29 is 4.74 Å². The highest BCUT2D eigenvalue weighted by molar-refractivity contribution is 5.60. The minimum Gasteiger partial charge on any atom is -0.494 e. The lowest BCUT2D eigenvalue weighted by Gasteiger charge is -2.09. The third kappa shape index (κ3) is 1.35. The first kappa shape index (κ1) is 9.06. The second-order valence-corrected chi connectivity index (χ2v) is 3.66. The molecule has 0 fully saturated rings. The molecule has 0 saturated heterocycles. The Hall–Kier alpha value is -1.51. The van der Waals surface area contributed by atoms with Gasteiger partial charge < -0.3 is 4.74 Å². The average Bonchev–Trinajstić information content (AvgIpc) is 2.63. The number of ether oxygens (including phenoxy) is 1. The first-order valence-corrected chi connectivity index (χ1v) is 4.73. The van der Waals surface area contributed by atoms with Crippen molar-refractivity contribution >= 4 is 5.52 Å². The molecule has 0 saturated carbocycles. The normalized spacial score (nSPS) is 11.1. The third-order valence-corrected chi connectivity index (χ3v) is 2.38. The summed E-state index contributed by atoms with van der Waals surface area (Å²) in [7, 11) is 1.69. The summed E-state index contributed by atoms with van der Waals surface area (Å²) in [5.74, 6) is 1.37. The van der Waals surface area contributed by atoms with Crippen LogP contribution in [0.15, 0.2) is 24.5 Å². The predicted octanol–water partition coefficient (Wildman–Crippen LogP) is 2.47. The number of hydrogen-bond acceptors (Lipinski definition) is 2. The van der Waals surface area contributed by atoms with Crippen molar-refractivity contribution in [3.05, 3.63) is 30.1 Å². The van der Waals surface area contributed by atoms with E-state index < -0.39 is 0 Å². The highest BCUT2D eigenvalue weighted by Gasteiger charge is 2.07. The highest BCUT2D eigenvalue weighted by atomic mass is 16.5. The molecule has 2 aromatic rings. The molecule has 74 valence electrons. The molecular formula is C11H14N2O. The van der Waals surface area contributed by atoms with Crippen LogP contribution < -0.4 is 4.74 Å². The van der Waals surface area contributed by atoms with Gasteiger partial charge in [0.15, 0.2) is 0 Å². The summed E-state index contributed by atoms with van der Waals surface area (Å²) in [6.07, 6.45) is 3.82. The lowest BCUT2D eigenvalue weighted by atomic mass is 10.1. The van der Waals surface area contributed by atoms with Crippen LogP contribution in [0.4, 0.5) is 0 Å². The van der Waals surface area contributed by atoms with Crippen molar-refractivity contribution in [3.63, 3.8) is 0 Å². The van der Waals surface area contributed by atoms with Crippen LogP contribution in [0.2, 0.25) is 0 Å². The fourth-order valence-corrected chi connectivity index (χ4v) is 1.50. The second-order valence-electron chi connectivity index (χ2n) is 3.66. The zero-order valence-corrected chi connectivity index (χ0v) is 8.69. The van der Waals surface area contributed by atoms with Crippen molar-refractivity contribution in [1.82, 2.24) is 9.61 Å². The van der Waals surface area contributed by atoms with Gasteiger partial charge in [0.1, 0.15) is 11.3 Å². The minimum absolute atomic E-state index is 0.484. The number of pyridine rings is 1. The maximum Gasteiger partial charge on any atom is 0.144 e. The lowest BCUT2D eigenvalue weighted by Crippen LogP contribution is -1.96. The number of aromatic nitrogens is 2. The summed E-state index contributed by atoms with van der Waals surface area (Å²) in [5.41, 5.74) is 2.25. The molecule has 3 nitrogen and oxygen atoms in total. The maximum atomic E-state index is 5.32. The summed E-state index contributed by atoms with van der Waals surface area (Å²) in [4.78, 5) is 0. The molecule has 0 aliphatic heterocycles. The molecule has 2 heterocycles. The van der Waals surface area contributed by atoms with Gasteiger partial charge in [-0.25, -0.2) is 4.52 Å². The van der Waals surface area contributed by atoms with Crippen LogP contribution in [0.25, 0.3) is 5.52 Å². The van der Waals surface area contributed by atoms with E-state index in [1.807, 2.05) is 16.8 Å². The van der Waals surface area contributed by atoms with Crippen molar-refractivity contribution in [2.24, 2.45) is 0 Å². The molecule has 2 aromatic heterocycles. The van der Waals surface area contributed by atoms with Crippen LogP contribution in [0, 0.1) is 0 Å². The average molecular weight is 190 g/mol. The van der Waals surface area contributed by atoms with E-state index in [1.54, 1.807) is 13.3 Å². The summed E-state index contributed by atoms with van der Waals surface area (Å²) in [6, 6.07) is 4.02. The van der Waals surface area contributed by atoms with E-state index in [9.17, 15) is 0 Å². The first-order chi connectivity index (χ1) is 6.72. The number of fused-ring (bicyclic) bond motifs is 1. The molecule has 0 aliphatic rings. The van der Waals surface area contributed by atoms with Gasteiger partial charge in [0.05, 0.1) is 13.3 Å². The standard InChI is InChI=1S/C11H14N2O/c1-8(2)9-6-11(14-3)10-4-5-12-13(10)7-9/h4-8H,1-3H3. The van der Waals surface area contributed by atoms with Gasteiger partial charge in [-0.2, -0.15) is 5.10 Å². The fourth-order valence-electron chi connectivity index (χ4n) is 1.50. The van der Waals surface area contributed by atoms with E-state index in [-0.39, 0.29) is 0 Å². The molecule has 0 aliphatic carbocycles. The highest BCUT2D eigenvalue weighted by Crippen LogP contribution is 2.24. The van der Waals surface area contributed by atoms with E-state index in [0.29, 0.717) is 5.92 Å². The Morgan fingerprint density at radius 1 is 1.43 bits per heavy atom. The molecule has 0 atom stereocenters. The topological polar surface area (TPSA) is 26.5 Å². The first-order valence-electron chi connectivity index (χ1n) is 4.73. The van der Waals surface area contributed by atoms with E-state index in [0.717, 1.165) is 11.3 Å². The van der Waals surface area contributed by atoms with Crippen molar-refractivity contribution in [2.75, 3.05) is 7.11 Å².